The number of nitrogens with two attached hydrogens (primary N) is 1. The lowest BCUT2D eigenvalue weighted by Crippen LogP contribution is -2.38. The average Bonchev–Trinajstić information content (AvgIpc) is 3.19. The number of aromatic nitrogens is 2. The molecule has 1 saturated heterocycles. The summed E-state index contributed by atoms with van der Waals surface area (Å²) in [6.07, 6.45) is 5.72. The van der Waals surface area contributed by atoms with Crippen LogP contribution in [0.1, 0.15) is 22.3 Å². The number of hydrogen-bond acceptors (Lipinski definition) is 5. The van der Waals surface area contributed by atoms with Crippen molar-refractivity contribution >= 4 is 11.7 Å². The highest BCUT2D eigenvalue weighted by atomic mass is 16.5. The fraction of sp³-hybridized carbons (Fsp3) is 0.467. The van der Waals surface area contributed by atoms with Crippen molar-refractivity contribution in [1.82, 2.24) is 14.7 Å². The SMILES string of the molecule is CO[C@H]1C[C@@H](Cn2ccc(N)n2)N(C(=O)c2cocc2C)C1. The molecule has 7 heteroatoms. The van der Waals surface area contributed by atoms with Gasteiger partial charge in [-0.15, -0.1) is 0 Å². The summed E-state index contributed by atoms with van der Waals surface area (Å²) in [6.45, 7) is 3.03. The lowest BCUT2D eigenvalue weighted by Gasteiger charge is -2.24. The predicted octanol–water partition coefficient (Wildman–Crippen LogP) is 1.30. The van der Waals surface area contributed by atoms with Crippen molar-refractivity contribution in [3.63, 3.8) is 0 Å². The summed E-state index contributed by atoms with van der Waals surface area (Å²) in [5, 5.41) is 4.20. The lowest BCUT2D eigenvalue weighted by molar-refractivity contribution is 0.0677. The molecule has 7 nitrogen and oxygen atoms in total. The number of likely N-dealkylation sites (tertiary alicyclic amines) is 1. The molecule has 1 aliphatic heterocycles. The van der Waals surface area contributed by atoms with Gasteiger partial charge in [0.25, 0.3) is 5.91 Å². The van der Waals surface area contributed by atoms with Crippen LogP contribution >= 0.6 is 0 Å². The lowest BCUT2D eigenvalue weighted by atomic mass is 10.1. The number of nitrogen functional groups attached to an aromatic ring is 1. The van der Waals surface area contributed by atoms with Gasteiger partial charge in [-0.2, -0.15) is 5.10 Å². The zero-order valence-corrected chi connectivity index (χ0v) is 12.7. The Morgan fingerprint density at radius 3 is 2.95 bits per heavy atom. The zero-order valence-electron chi connectivity index (χ0n) is 12.7. The van der Waals surface area contributed by atoms with E-state index in [0.717, 1.165) is 12.0 Å². The van der Waals surface area contributed by atoms with Crippen LogP contribution in [0.25, 0.3) is 0 Å². The van der Waals surface area contributed by atoms with E-state index in [0.29, 0.717) is 24.5 Å². The van der Waals surface area contributed by atoms with Gasteiger partial charge in [0, 0.05) is 19.9 Å². The number of ether oxygens (including phenoxy) is 1. The van der Waals surface area contributed by atoms with E-state index in [2.05, 4.69) is 5.10 Å². The highest BCUT2D eigenvalue weighted by Crippen LogP contribution is 2.25. The average molecular weight is 304 g/mol. The Morgan fingerprint density at radius 1 is 1.55 bits per heavy atom. The smallest absolute Gasteiger partial charge is 0.257 e. The summed E-state index contributed by atoms with van der Waals surface area (Å²) >= 11 is 0. The maximum absolute atomic E-state index is 12.8. The second kappa shape index (κ2) is 5.84. The number of hydrogen-bond donors (Lipinski definition) is 1. The molecular weight excluding hydrogens is 284 g/mol. The normalized spacial score (nSPS) is 21.5. The standard InChI is InChI=1S/C15H20N4O3/c1-10-8-22-9-13(10)15(20)19-7-12(21-2)5-11(19)6-18-4-3-14(16)17-18/h3-4,8-9,11-12H,5-7H2,1-2H3,(H2,16,17)/t11-,12-/m0/s1. The maximum Gasteiger partial charge on any atom is 0.257 e. The maximum atomic E-state index is 12.8. The molecule has 0 unspecified atom stereocenters. The molecule has 0 saturated carbocycles. The third kappa shape index (κ3) is 2.71. The van der Waals surface area contributed by atoms with Gasteiger partial charge in [0.1, 0.15) is 12.1 Å². The van der Waals surface area contributed by atoms with E-state index in [1.165, 1.54) is 6.26 Å². The Labute approximate surface area is 128 Å². The molecule has 0 bridgehead atoms. The largest absolute Gasteiger partial charge is 0.471 e. The number of anilines is 1. The molecule has 0 aliphatic carbocycles. The van der Waals surface area contributed by atoms with E-state index < -0.39 is 0 Å². The van der Waals surface area contributed by atoms with E-state index in [4.69, 9.17) is 14.9 Å². The van der Waals surface area contributed by atoms with E-state index in [-0.39, 0.29) is 18.1 Å². The Hall–Kier alpha value is -2.28. The summed E-state index contributed by atoms with van der Waals surface area (Å²) in [7, 11) is 1.67. The Morgan fingerprint density at radius 2 is 2.36 bits per heavy atom. The van der Waals surface area contributed by atoms with Crippen LogP contribution in [0.15, 0.2) is 29.2 Å². The van der Waals surface area contributed by atoms with Crippen molar-refractivity contribution < 1.29 is 13.9 Å². The number of rotatable bonds is 4. The molecule has 2 N–H and O–H groups in total. The molecule has 2 aromatic rings. The van der Waals surface area contributed by atoms with E-state index in [9.17, 15) is 4.79 Å². The minimum absolute atomic E-state index is 0.0195. The van der Waals surface area contributed by atoms with Crippen LogP contribution in [0.4, 0.5) is 5.82 Å². The molecule has 2 aromatic heterocycles. The van der Waals surface area contributed by atoms with Gasteiger partial charge < -0.3 is 19.8 Å². The zero-order chi connectivity index (χ0) is 15.7. The fourth-order valence-corrected chi connectivity index (χ4v) is 2.90. The van der Waals surface area contributed by atoms with Crippen LogP contribution in [0.2, 0.25) is 0 Å². The van der Waals surface area contributed by atoms with E-state index in [1.54, 1.807) is 24.1 Å². The minimum atomic E-state index is -0.0315. The second-order valence-electron chi connectivity index (χ2n) is 5.64. The van der Waals surface area contributed by atoms with Gasteiger partial charge in [0.05, 0.1) is 30.5 Å². The van der Waals surface area contributed by atoms with Gasteiger partial charge in [0.15, 0.2) is 0 Å². The molecule has 0 spiro atoms. The van der Waals surface area contributed by atoms with Gasteiger partial charge in [-0.25, -0.2) is 0 Å². The number of furan rings is 1. The first-order valence-electron chi connectivity index (χ1n) is 7.24. The number of nitrogens with zero attached hydrogens (tertiary/aromatic N) is 3. The molecular formula is C15H20N4O3. The van der Waals surface area contributed by atoms with Gasteiger partial charge in [-0.05, 0) is 25.0 Å². The molecule has 1 fully saturated rings. The molecule has 1 aliphatic rings. The number of methoxy groups -OCH3 is 1. The third-order valence-corrected chi connectivity index (χ3v) is 4.12. The Balaban J connectivity index is 1.80. The fourth-order valence-electron chi connectivity index (χ4n) is 2.90. The first kappa shape index (κ1) is 14.6. The quantitative estimate of drug-likeness (QED) is 0.920. The third-order valence-electron chi connectivity index (χ3n) is 4.12. The first-order valence-corrected chi connectivity index (χ1v) is 7.24. The van der Waals surface area contributed by atoms with Crippen molar-refractivity contribution in [3.05, 3.63) is 35.9 Å². The number of aryl methyl sites for hydroxylation is 1. The van der Waals surface area contributed by atoms with Crippen molar-refractivity contribution in [2.75, 3.05) is 19.4 Å². The molecule has 1 amide bonds. The van der Waals surface area contributed by atoms with Gasteiger partial charge in [0.2, 0.25) is 0 Å². The summed E-state index contributed by atoms with van der Waals surface area (Å²) in [6, 6.07) is 1.76. The van der Waals surface area contributed by atoms with Gasteiger partial charge >= 0.3 is 0 Å². The number of amides is 1. The minimum Gasteiger partial charge on any atom is -0.471 e. The van der Waals surface area contributed by atoms with Gasteiger partial charge in [-0.3, -0.25) is 9.48 Å². The number of carbonyl (C=O) groups excluding carboxylic acids is 1. The molecule has 118 valence electrons. The van der Waals surface area contributed by atoms with Crippen molar-refractivity contribution in [2.24, 2.45) is 0 Å². The van der Waals surface area contributed by atoms with Crippen LogP contribution in [0.5, 0.6) is 0 Å². The molecule has 0 aromatic carbocycles. The van der Waals surface area contributed by atoms with Crippen LogP contribution in [-0.4, -0.2) is 46.4 Å². The van der Waals surface area contributed by atoms with Crippen molar-refractivity contribution in [3.8, 4) is 0 Å². The molecule has 22 heavy (non-hydrogen) atoms. The summed E-state index contributed by atoms with van der Waals surface area (Å²) in [5.41, 5.74) is 7.09. The Bertz CT molecular complexity index is 663. The second-order valence-corrected chi connectivity index (χ2v) is 5.64. The molecule has 3 heterocycles. The van der Waals surface area contributed by atoms with Gasteiger partial charge in [-0.1, -0.05) is 0 Å². The topological polar surface area (TPSA) is 86.5 Å². The van der Waals surface area contributed by atoms with Crippen LogP contribution in [-0.2, 0) is 11.3 Å². The summed E-state index contributed by atoms with van der Waals surface area (Å²) in [4.78, 5) is 14.6. The van der Waals surface area contributed by atoms with E-state index in [1.807, 2.05) is 18.0 Å². The first-order chi connectivity index (χ1) is 10.6. The van der Waals surface area contributed by atoms with Crippen molar-refractivity contribution in [2.45, 2.75) is 32.0 Å². The number of carbonyl (C=O) groups is 1. The summed E-state index contributed by atoms with van der Waals surface area (Å²) in [5.74, 6) is 0.445. The van der Waals surface area contributed by atoms with Crippen molar-refractivity contribution in [1.29, 1.82) is 0 Å². The van der Waals surface area contributed by atoms with Crippen LogP contribution < -0.4 is 5.73 Å². The highest BCUT2D eigenvalue weighted by molar-refractivity contribution is 5.95. The Kier molecular flexibility index (Phi) is 3.89. The monoisotopic (exact) mass is 304 g/mol. The summed E-state index contributed by atoms with van der Waals surface area (Å²) < 4.78 is 12.3. The predicted molar refractivity (Wildman–Crippen MR) is 80.3 cm³/mol. The van der Waals surface area contributed by atoms with Crippen LogP contribution in [0.3, 0.4) is 0 Å². The molecule has 2 atom stereocenters. The van der Waals surface area contributed by atoms with Crippen LogP contribution in [0, 0.1) is 6.92 Å². The van der Waals surface area contributed by atoms with E-state index >= 15 is 0 Å². The highest BCUT2D eigenvalue weighted by Gasteiger charge is 2.36. The molecule has 3 rings (SSSR count). The molecule has 0 radical (unpaired) electrons.